The van der Waals surface area contributed by atoms with Gasteiger partial charge in [0.1, 0.15) is 4.88 Å². The Labute approximate surface area is 143 Å². The number of ether oxygens (including phenoxy) is 1. The molecule has 1 aliphatic carbocycles. The van der Waals surface area contributed by atoms with E-state index in [0.717, 1.165) is 18.4 Å². The zero-order valence-corrected chi connectivity index (χ0v) is 14.1. The number of thiophene rings is 1. The number of aromatic nitrogens is 2. The summed E-state index contributed by atoms with van der Waals surface area (Å²) in [6, 6.07) is 9.79. The summed E-state index contributed by atoms with van der Waals surface area (Å²) in [4.78, 5) is 18.4. The molecule has 0 radical (unpaired) electrons. The van der Waals surface area contributed by atoms with Crippen LogP contribution in [0.4, 0.5) is 0 Å². The van der Waals surface area contributed by atoms with Gasteiger partial charge in [0.05, 0.1) is 0 Å². The highest BCUT2D eigenvalue weighted by Gasteiger charge is 2.20. The van der Waals surface area contributed by atoms with Gasteiger partial charge in [-0.15, -0.1) is 11.3 Å². The first-order chi connectivity index (χ1) is 11.7. The number of aryl methyl sites for hydroxylation is 3. The second-order valence-electron chi connectivity index (χ2n) is 5.87. The molecule has 1 aromatic carbocycles. The Morgan fingerprint density at radius 2 is 2.12 bits per heavy atom. The van der Waals surface area contributed by atoms with Crippen LogP contribution in [0.2, 0.25) is 0 Å². The van der Waals surface area contributed by atoms with Gasteiger partial charge in [-0.2, -0.15) is 4.98 Å². The number of fused-ring (bicyclic) bond motifs is 1. The zero-order chi connectivity index (χ0) is 16.5. The standard InChI is InChI=1S/C18H16N2O3S/c1-11-5-7-12(8-6-11)17-19-16(23-20-17)10-22-18(21)15-9-13-3-2-4-14(13)24-15/h5-9H,2-4,10H2,1H3. The number of rotatable bonds is 4. The van der Waals surface area contributed by atoms with Crippen molar-refractivity contribution in [3.05, 3.63) is 57.1 Å². The number of carbonyl (C=O) groups is 1. The van der Waals surface area contributed by atoms with Crippen LogP contribution in [0.25, 0.3) is 11.4 Å². The van der Waals surface area contributed by atoms with E-state index in [4.69, 9.17) is 9.26 Å². The fourth-order valence-corrected chi connectivity index (χ4v) is 3.91. The van der Waals surface area contributed by atoms with Gasteiger partial charge in [0.15, 0.2) is 6.61 Å². The molecule has 0 spiro atoms. The first-order valence-electron chi connectivity index (χ1n) is 7.87. The van der Waals surface area contributed by atoms with Crippen LogP contribution >= 0.6 is 11.3 Å². The minimum absolute atomic E-state index is 0.0136. The molecular formula is C18H16N2O3S. The fourth-order valence-electron chi connectivity index (χ4n) is 2.76. The van der Waals surface area contributed by atoms with E-state index >= 15 is 0 Å². The highest BCUT2D eigenvalue weighted by molar-refractivity contribution is 7.14. The third kappa shape index (κ3) is 2.97. The zero-order valence-electron chi connectivity index (χ0n) is 13.2. The highest BCUT2D eigenvalue weighted by Crippen LogP contribution is 2.31. The van der Waals surface area contributed by atoms with Gasteiger partial charge in [0.25, 0.3) is 5.89 Å². The third-order valence-corrected chi connectivity index (χ3v) is 5.27. The molecule has 3 aromatic rings. The molecule has 4 rings (SSSR count). The fraction of sp³-hybridized carbons (Fsp3) is 0.278. The molecule has 0 saturated carbocycles. The van der Waals surface area contributed by atoms with Gasteiger partial charge in [-0.25, -0.2) is 4.79 Å². The van der Waals surface area contributed by atoms with Gasteiger partial charge in [-0.05, 0) is 37.8 Å². The van der Waals surface area contributed by atoms with Gasteiger partial charge >= 0.3 is 5.97 Å². The van der Waals surface area contributed by atoms with Crippen LogP contribution < -0.4 is 0 Å². The van der Waals surface area contributed by atoms with Crippen molar-refractivity contribution in [1.82, 2.24) is 10.1 Å². The highest BCUT2D eigenvalue weighted by atomic mass is 32.1. The van der Waals surface area contributed by atoms with E-state index in [1.54, 1.807) is 0 Å². The average Bonchev–Trinajstić information content (AvgIpc) is 3.29. The summed E-state index contributed by atoms with van der Waals surface area (Å²) in [7, 11) is 0. The minimum atomic E-state index is -0.329. The molecule has 24 heavy (non-hydrogen) atoms. The predicted octanol–water partition coefficient (Wildman–Crippen LogP) is 3.95. The molecular weight excluding hydrogens is 324 g/mol. The van der Waals surface area contributed by atoms with Crippen molar-refractivity contribution in [2.45, 2.75) is 32.8 Å². The summed E-state index contributed by atoms with van der Waals surface area (Å²) >= 11 is 1.53. The summed E-state index contributed by atoms with van der Waals surface area (Å²) in [5.41, 5.74) is 3.32. The number of carbonyl (C=O) groups excluding carboxylic acids is 1. The van der Waals surface area contributed by atoms with Crippen LogP contribution in [0.5, 0.6) is 0 Å². The molecule has 5 nitrogen and oxygen atoms in total. The maximum atomic E-state index is 12.1. The molecule has 0 saturated heterocycles. The van der Waals surface area contributed by atoms with E-state index in [1.807, 2.05) is 37.3 Å². The van der Waals surface area contributed by atoms with Crippen molar-refractivity contribution in [3.8, 4) is 11.4 Å². The molecule has 6 heteroatoms. The Morgan fingerprint density at radius 1 is 1.29 bits per heavy atom. The molecule has 0 amide bonds. The molecule has 0 fully saturated rings. The van der Waals surface area contributed by atoms with Gasteiger partial charge < -0.3 is 9.26 Å². The van der Waals surface area contributed by atoms with Gasteiger partial charge in [0.2, 0.25) is 5.82 Å². The molecule has 122 valence electrons. The topological polar surface area (TPSA) is 65.2 Å². The van der Waals surface area contributed by atoms with Crippen LogP contribution in [-0.2, 0) is 24.2 Å². The molecule has 2 aromatic heterocycles. The Kier molecular flexibility index (Phi) is 3.90. The Morgan fingerprint density at radius 3 is 2.92 bits per heavy atom. The van der Waals surface area contributed by atoms with Crippen molar-refractivity contribution in [2.75, 3.05) is 0 Å². The van der Waals surface area contributed by atoms with E-state index in [9.17, 15) is 4.79 Å². The van der Waals surface area contributed by atoms with Crippen LogP contribution in [0.15, 0.2) is 34.9 Å². The summed E-state index contributed by atoms with van der Waals surface area (Å²) in [6.45, 7) is 2.01. The first-order valence-corrected chi connectivity index (χ1v) is 8.69. The van der Waals surface area contributed by atoms with E-state index in [0.29, 0.717) is 16.6 Å². The molecule has 0 unspecified atom stereocenters. The minimum Gasteiger partial charge on any atom is -0.451 e. The Balaban J connectivity index is 1.40. The normalized spacial score (nSPS) is 13.0. The lowest BCUT2D eigenvalue weighted by atomic mass is 10.1. The molecule has 1 aliphatic rings. The van der Waals surface area contributed by atoms with Crippen LogP contribution in [0.1, 0.15) is 38.0 Å². The smallest absolute Gasteiger partial charge is 0.348 e. The van der Waals surface area contributed by atoms with Crippen molar-refractivity contribution in [3.63, 3.8) is 0 Å². The number of hydrogen-bond donors (Lipinski definition) is 0. The lowest BCUT2D eigenvalue weighted by Gasteiger charge is -1.99. The number of hydrogen-bond acceptors (Lipinski definition) is 6. The summed E-state index contributed by atoms with van der Waals surface area (Å²) in [6.07, 6.45) is 3.31. The Hall–Kier alpha value is -2.47. The Bertz CT molecular complexity index is 859. The lowest BCUT2D eigenvalue weighted by molar-refractivity contribution is 0.0435. The molecule has 0 atom stereocenters. The van der Waals surface area contributed by atoms with Crippen molar-refractivity contribution < 1.29 is 14.1 Å². The molecule has 0 N–H and O–H groups in total. The van der Waals surface area contributed by atoms with Crippen molar-refractivity contribution in [1.29, 1.82) is 0 Å². The monoisotopic (exact) mass is 340 g/mol. The van der Waals surface area contributed by atoms with E-state index in [1.165, 1.54) is 33.8 Å². The second kappa shape index (κ2) is 6.20. The first kappa shape index (κ1) is 15.1. The van der Waals surface area contributed by atoms with E-state index < -0.39 is 0 Å². The second-order valence-corrected chi connectivity index (χ2v) is 7.00. The SMILES string of the molecule is Cc1ccc(-c2noc(COC(=O)c3cc4c(s3)CCC4)n2)cc1. The molecule has 0 bridgehead atoms. The number of nitrogens with zero attached hydrogens (tertiary/aromatic N) is 2. The van der Waals surface area contributed by atoms with E-state index in [-0.39, 0.29) is 12.6 Å². The summed E-state index contributed by atoms with van der Waals surface area (Å²) in [5, 5.41) is 3.93. The quantitative estimate of drug-likeness (QED) is 0.673. The lowest BCUT2D eigenvalue weighted by Crippen LogP contribution is -2.03. The maximum absolute atomic E-state index is 12.1. The number of esters is 1. The molecule has 2 heterocycles. The average molecular weight is 340 g/mol. The van der Waals surface area contributed by atoms with Crippen LogP contribution in [0.3, 0.4) is 0 Å². The largest absolute Gasteiger partial charge is 0.451 e. The van der Waals surface area contributed by atoms with Crippen molar-refractivity contribution in [2.24, 2.45) is 0 Å². The summed E-state index contributed by atoms with van der Waals surface area (Å²) in [5.74, 6) is 0.462. The predicted molar refractivity (Wildman–Crippen MR) is 89.9 cm³/mol. The molecule has 0 aliphatic heterocycles. The maximum Gasteiger partial charge on any atom is 0.348 e. The van der Waals surface area contributed by atoms with Gasteiger partial charge in [-0.3, -0.25) is 0 Å². The summed E-state index contributed by atoms with van der Waals surface area (Å²) < 4.78 is 10.5. The van der Waals surface area contributed by atoms with Crippen LogP contribution in [-0.4, -0.2) is 16.1 Å². The van der Waals surface area contributed by atoms with E-state index in [2.05, 4.69) is 10.1 Å². The van der Waals surface area contributed by atoms with Crippen LogP contribution in [0, 0.1) is 6.92 Å². The van der Waals surface area contributed by atoms with Gasteiger partial charge in [0, 0.05) is 10.4 Å². The van der Waals surface area contributed by atoms with Gasteiger partial charge in [-0.1, -0.05) is 35.0 Å². The third-order valence-electron chi connectivity index (χ3n) is 4.05. The number of benzene rings is 1. The van der Waals surface area contributed by atoms with Crippen molar-refractivity contribution >= 4 is 17.3 Å².